The van der Waals surface area contributed by atoms with Crippen molar-refractivity contribution in [1.82, 2.24) is 14.6 Å². The summed E-state index contributed by atoms with van der Waals surface area (Å²) < 4.78 is 33.7. The summed E-state index contributed by atoms with van der Waals surface area (Å²) in [5.41, 5.74) is 1.81. The molecule has 0 spiro atoms. The third-order valence-electron chi connectivity index (χ3n) is 6.29. The number of anilines is 1. The fraction of sp³-hybridized carbons (Fsp3) is 0.154. The van der Waals surface area contributed by atoms with Crippen molar-refractivity contribution in [2.45, 2.75) is 14.7 Å². The molecule has 1 aromatic heterocycles. The number of rotatable bonds is 5. The van der Waals surface area contributed by atoms with Crippen molar-refractivity contribution in [1.29, 1.82) is 0 Å². The number of sulfonamides is 1. The van der Waals surface area contributed by atoms with Crippen LogP contribution in [0.2, 0.25) is 0 Å². The maximum atomic E-state index is 13.6. The highest BCUT2D eigenvalue weighted by molar-refractivity contribution is 7.99. The SMILES string of the molecule is O=S(=O)(c1ccc(Sc2cccc3ccccc23)c2nonc12)N1CCN(c2ccccc2)CC1. The average molecular weight is 503 g/mol. The molecule has 6 rings (SSSR count). The number of piperazine rings is 1. The molecule has 7 nitrogen and oxygen atoms in total. The van der Waals surface area contributed by atoms with Gasteiger partial charge in [-0.1, -0.05) is 66.4 Å². The van der Waals surface area contributed by atoms with Gasteiger partial charge in [0.05, 0.1) is 0 Å². The van der Waals surface area contributed by atoms with E-state index in [1.54, 1.807) is 12.1 Å². The second-order valence-corrected chi connectivity index (χ2v) is 11.3. The molecule has 0 unspecified atom stereocenters. The van der Waals surface area contributed by atoms with Crippen LogP contribution < -0.4 is 4.90 Å². The van der Waals surface area contributed by atoms with E-state index in [1.807, 2.05) is 54.6 Å². The van der Waals surface area contributed by atoms with Crippen LogP contribution in [0.5, 0.6) is 0 Å². The molecule has 1 aliphatic rings. The molecule has 0 atom stereocenters. The summed E-state index contributed by atoms with van der Waals surface area (Å²) in [7, 11) is -3.75. The van der Waals surface area contributed by atoms with Crippen molar-refractivity contribution in [3.63, 3.8) is 0 Å². The highest BCUT2D eigenvalue weighted by Crippen LogP contribution is 2.38. The molecule has 0 radical (unpaired) electrons. The molecule has 35 heavy (non-hydrogen) atoms. The zero-order valence-corrected chi connectivity index (χ0v) is 20.4. The first-order valence-electron chi connectivity index (χ1n) is 11.3. The lowest BCUT2D eigenvalue weighted by atomic mass is 10.1. The van der Waals surface area contributed by atoms with Crippen LogP contribution in [0.1, 0.15) is 0 Å². The molecule has 1 aliphatic heterocycles. The van der Waals surface area contributed by atoms with Crippen LogP contribution >= 0.6 is 11.8 Å². The lowest BCUT2D eigenvalue weighted by Crippen LogP contribution is -2.48. The average Bonchev–Trinajstić information content (AvgIpc) is 3.40. The summed E-state index contributed by atoms with van der Waals surface area (Å²) in [6.07, 6.45) is 0. The number of nitrogens with zero attached hydrogens (tertiary/aromatic N) is 4. The minimum Gasteiger partial charge on any atom is -0.369 e. The number of fused-ring (bicyclic) bond motifs is 2. The van der Waals surface area contributed by atoms with E-state index in [0.717, 1.165) is 26.3 Å². The number of benzene rings is 4. The Kier molecular flexibility index (Phi) is 5.68. The zero-order valence-electron chi connectivity index (χ0n) is 18.7. The molecule has 0 aliphatic carbocycles. The number of aromatic nitrogens is 2. The van der Waals surface area contributed by atoms with Crippen molar-refractivity contribution in [3.8, 4) is 0 Å². The van der Waals surface area contributed by atoms with Gasteiger partial charge in [-0.05, 0) is 51.4 Å². The predicted octanol–water partition coefficient (Wildman–Crippen LogP) is 5.04. The van der Waals surface area contributed by atoms with Crippen LogP contribution in [-0.2, 0) is 10.0 Å². The van der Waals surface area contributed by atoms with Crippen molar-refractivity contribution in [3.05, 3.63) is 84.9 Å². The highest BCUT2D eigenvalue weighted by Gasteiger charge is 2.32. The normalized spacial score (nSPS) is 15.1. The third-order valence-corrected chi connectivity index (χ3v) is 9.34. The predicted molar refractivity (Wildman–Crippen MR) is 137 cm³/mol. The molecule has 0 amide bonds. The standard InChI is InChI=1S/C26H22N4O3S2/c31-35(32,30-17-15-29(16-18-30)20-9-2-1-3-10-20)24-14-13-23(25-26(24)28-33-27-25)34-22-12-6-8-19-7-4-5-11-21(19)22/h1-14H,15-18H2. The molecular formula is C26H22N4O3S2. The van der Waals surface area contributed by atoms with Crippen molar-refractivity contribution < 1.29 is 13.0 Å². The Morgan fingerprint density at radius 1 is 0.714 bits per heavy atom. The van der Waals surface area contributed by atoms with Crippen molar-refractivity contribution in [2.75, 3.05) is 31.1 Å². The molecule has 1 fully saturated rings. The minimum absolute atomic E-state index is 0.129. The van der Waals surface area contributed by atoms with Crippen LogP contribution in [0.3, 0.4) is 0 Å². The van der Waals surface area contributed by atoms with E-state index >= 15 is 0 Å². The fourth-order valence-electron chi connectivity index (χ4n) is 4.48. The first-order chi connectivity index (χ1) is 17.1. The van der Waals surface area contributed by atoms with Crippen LogP contribution in [0, 0.1) is 0 Å². The van der Waals surface area contributed by atoms with Crippen LogP contribution in [-0.4, -0.2) is 49.2 Å². The first-order valence-corrected chi connectivity index (χ1v) is 13.6. The third kappa shape index (κ3) is 4.05. The quantitative estimate of drug-likeness (QED) is 0.333. The second-order valence-electron chi connectivity index (χ2n) is 8.33. The van der Waals surface area contributed by atoms with Crippen LogP contribution in [0.15, 0.2) is 104 Å². The van der Waals surface area contributed by atoms with E-state index in [2.05, 4.69) is 33.4 Å². The summed E-state index contributed by atoms with van der Waals surface area (Å²) >= 11 is 1.53. The van der Waals surface area contributed by atoms with Gasteiger partial charge in [0, 0.05) is 41.7 Å². The van der Waals surface area contributed by atoms with E-state index in [4.69, 9.17) is 4.63 Å². The lowest BCUT2D eigenvalue weighted by Gasteiger charge is -2.35. The molecule has 0 N–H and O–H groups in total. The van der Waals surface area contributed by atoms with E-state index < -0.39 is 10.0 Å². The van der Waals surface area contributed by atoms with E-state index in [-0.39, 0.29) is 10.4 Å². The van der Waals surface area contributed by atoms with Crippen LogP contribution in [0.4, 0.5) is 5.69 Å². The molecule has 9 heteroatoms. The molecule has 176 valence electrons. The minimum atomic E-state index is -3.75. The maximum absolute atomic E-state index is 13.6. The lowest BCUT2D eigenvalue weighted by molar-refractivity contribution is 0.314. The molecule has 1 saturated heterocycles. The number of para-hydroxylation sites is 1. The summed E-state index contributed by atoms with van der Waals surface area (Å²) in [6.45, 7) is 2.05. The Hall–Kier alpha value is -3.40. The summed E-state index contributed by atoms with van der Waals surface area (Å²) in [6, 6.07) is 27.7. The Balaban J connectivity index is 1.29. The molecule has 2 heterocycles. The number of hydrogen-bond donors (Lipinski definition) is 0. The molecular weight excluding hydrogens is 480 g/mol. The van der Waals surface area contributed by atoms with Gasteiger partial charge in [0.2, 0.25) is 10.0 Å². The Labute approximate surface area is 207 Å². The van der Waals surface area contributed by atoms with Gasteiger partial charge >= 0.3 is 0 Å². The topological polar surface area (TPSA) is 79.5 Å². The molecule has 4 aromatic carbocycles. The maximum Gasteiger partial charge on any atom is 0.245 e. The first kappa shape index (κ1) is 22.1. The summed E-state index contributed by atoms with van der Waals surface area (Å²) in [5.74, 6) is 0. The summed E-state index contributed by atoms with van der Waals surface area (Å²) in [5, 5.41) is 10.3. The monoisotopic (exact) mass is 502 g/mol. The second kappa shape index (κ2) is 8.99. The van der Waals surface area contributed by atoms with E-state index in [9.17, 15) is 8.42 Å². The van der Waals surface area contributed by atoms with Gasteiger partial charge in [-0.25, -0.2) is 13.0 Å². The Morgan fingerprint density at radius 3 is 2.26 bits per heavy atom. The Bertz CT molecular complexity index is 1610. The fourth-order valence-corrected chi connectivity index (χ4v) is 7.07. The summed E-state index contributed by atoms with van der Waals surface area (Å²) in [4.78, 5) is 4.18. The van der Waals surface area contributed by atoms with E-state index in [1.165, 1.54) is 16.1 Å². The molecule has 0 saturated carbocycles. The van der Waals surface area contributed by atoms with Gasteiger partial charge in [0.15, 0.2) is 11.0 Å². The largest absolute Gasteiger partial charge is 0.369 e. The van der Waals surface area contributed by atoms with Gasteiger partial charge in [0.1, 0.15) is 4.90 Å². The highest BCUT2D eigenvalue weighted by atomic mass is 32.2. The van der Waals surface area contributed by atoms with Crippen LogP contribution in [0.25, 0.3) is 21.8 Å². The van der Waals surface area contributed by atoms with Gasteiger partial charge in [0.25, 0.3) is 0 Å². The van der Waals surface area contributed by atoms with Gasteiger partial charge in [-0.15, -0.1) is 0 Å². The Morgan fingerprint density at radius 2 is 1.43 bits per heavy atom. The van der Waals surface area contributed by atoms with Crippen molar-refractivity contribution in [2.24, 2.45) is 0 Å². The number of hydrogen-bond acceptors (Lipinski definition) is 7. The van der Waals surface area contributed by atoms with Crippen molar-refractivity contribution >= 4 is 49.3 Å². The molecule has 5 aromatic rings. The zero-order chi connectivity index (χ0) is 23.8. The smallest absolute Gasteiger partial charge is 0.245 e. The molecule has 0 bridgehead atoms. The van der Waals surface area contributed by atoms with Gasteiger partial charge in [-0.2, -0.15) is 4.31 Å². The van der Waals surface area contributed by atoms with Gasteiger partial charge in [-0.3, -0.25) is 0 Å². The van der Waals surface area contributed by atoms with E-state index in [0.29, 0.717) is 31.7 Å². The van der Waals surface area contributed by atoms with Gasteiger partial charge < -0.3 is 4.90 Å².